The fourth-order valence-electron chi connectivity index (χ4n) is 2.02. The second-order valence-electron chi connectivity index (χ2n) is 4.60. The molecule has 0 heterocycles. The summed E-state index contributed by atoms with van der Waals surface area (Å²) in [4.78, 5) is 0. The zero-order chi connectivity index (χ0) is 11.5. The van der Waals surface area contributed by atoms with Gasteiger partial charge in [0.15, 0.2) is 0 Å². The van der Waals surface area contributed by atoms with E-state index in [9.17, 15) is 0 Å². The summed E-state index contributed by atoms with van der Waals surface area (Å²) in [5.74, 6) is 0.949. The highest BCUT2D eigenvalue weighted by atomic mass is 16.5. The van der Waals surface area contributed by atoms with E-state index in [1.54, 1.807) is 0 Å². The van der Waals surface area contributed by atoms with Gasteiger partial charge in [0, 0.05) is 6.04 Å². The lowest BCUT2D eigenvalue weighted by Gasteiger charge is -2.08. The molecule has 2 N–H and O–H groups in total. The van der Waals surface area contributed by atoms with Gasteiger partial charge in [-0.1, -0.05) is 11.6 Å². The van der Waals surface area contributed by atoms with Gasteiger partial charge >= 0.3 is 0 Å². The molecule has 0 amide bonds. The average molecular weight is 217 g/mol. The number of benzene rings is 1. The second-order valence-corrected chi connectivity index (χ2v) is 4.60. The molecule has 0 saturated carbocycles. The maximum Gasteiger partial charge on any atom is 0.120 e. The van der Waals surface area contributed by atoms with E-state index >= 15 is 0 Å². The Hall–Kier alpha value is -1.28. The van der Waals surface area contributed by atoms with Crippen LogP contribution in [0.1, 0.15) is 37.4 Å². The fourth-order valence-corrected chi connectivity index (χ4v) is 2.02. The number of hydrogen-bond donors (Lipinski definition) is 1. The molecule has 0 fully saturated rings. The highest BCUT2D eigenvalue weighted by molar-refractivity contribution is 5.40. The molecule has 1 unspecified atom stereocenters. The Balaban J connectivity index is 2.05. The number of ether oxygens (including phenoxy) is 1. The first-order valence-electron chi connectivity index (χ1n) is 5.81. The van der Waals surface area contributed by atoms with Crippen molar-refractivity contribution >= 4 is 0 Å². The van der Waals surface area contributed by atoms with E-state index in [1.165, 1.54) is 16.7 Å². The van der Waals surface area contributed by atoms with Gasteiger partial charge in [-0.2, -0.15) is 0 Å². The van der Waals surface area contributed by atoms with Crippen LogP contribution in [-0.4, -0.2) is 6.61 Å². The van der Waals surface area contributed by atoms with Gasteiger partial charge in [-0.05, 0) is 56.0 Å². The molecule has 16 heavy (non-hydrogen) atoms. The van der Waals surface area contributed by atoms with Crippen LogP contribution in [-0.2, 0) is 6.42 Å². The molecule has 1 aromatic rings. The van der Waals surface area contributed by atoms with Crippen LogP contribution in [0.15, 0.2) is 29.8 Å². The third-order valence-electron chi connectivity index (χ3n) is 2.98. The van der Waals surface area contributed by atoms with Gasteiger partial charge in [0.25, 0.3) is 0 Å². The van der Waals surface area contributed by atoms with Gasteiger partial charge in [-0.3, -0.25) is 0 Å². The summed E-state index contributed by atoms with van der Waals surface area (Å²) in [5, 5.41) is 0. The zero-order valence-corrected chi connectivity index (χ0v) is 9.99. The summed E-state index contributed by atoms with van der Waals surface area (Å²) in [7, 11) is 0. The van der Waals surface area contributed by atoms with E-state index in [1.807, 2.05) is 6.07 Å². The Morgan fingerprint density at radius 2 is 2.31 bits per heavy atom. The monoisotopic (exact) mass is 217 g/mol. The quantitative estimate of drug-likeness (QED) is 0.790. The molecule has 1 aliphatic carbocycles. The molecule has 1 aliphatic rings. The Labute approximate surface area is 97.1 Å². The summed E-state index contributed by atoms with van der Waals surface area (Å²) in [6, 6.07) is 6.47. The van der Waals surface area contributed by atoms with Crippen molar-refractivity contribution in [1.82, 2.24) is 0 Å². The number of aryl methyl sites for hydroxylation is 1. The van der Waals surface area contributed by atoms with Crippen LogP contribution >= 0.6 is 0 Å². The van der Waals surface area contributed by atoms with E-state index in [0.29, 0.717) is 6.61 Å². The van der Waals surface area contributed by atoms with Gasteiger partial charge < -0.3 is 10.5 Å². The minimum absolute atomic E-state index is 0.224. The standard InChI is InChI=1S/C14H19NO/c1-10(2)7-8-16-12-4-5-13-11(9-12)3-6-14(13)15/h4-5,7,9,14H,3,6,8,15H2,1-2H3. The average Bonchev–Trinajstić information content (AvgIpc) is 2.60. The van der Waals surface area contributed by atoms with Crippen LogP contribution in [0.5, 0.6) is 5.75 Å². The topological polar surface area (TPSA) is 35.2 Å². The molecule has 0 bridgehead atoms. The molecular weight excluding hydrogens is 198 g/mol. The third-order valence-corrected chi connectivity index (χ3v) is 2.98. The number of hydrogen-bond acceptors (Lipinski definition) is 2. The number of allylic oxidation sites excluding steroid dienone is 1. The molecular formula is C14H19NO. The second kappa shape index (κ2) is 4.71. The van der Waals surface area contributed by atoms with Crippen LogP contribution in [0.2, 0.25) is 0 Å². The van der Waals surface area contributed by atoms with Crippen molar-refractivity contribution in [3.63, 3.8) is 0 Å². The fraction of sp³-hybridized carbons (Fsp3) is 0.429. The summed E-state index contributed by atoms with van der Waals surface area (Å²) in [6.07, 6.45) is 4.22. The Morgan fingerprint density at radius 1 is 1.50 bits per heavy atom. The number of nitrogens with two attached hydrogens (primary N) is 1. The molecule has 0 radical (unpaired) electrons. The molecule has 0 saturated heterocycles. The maximum atomic E-state index is 5.99. The minimum Gasteiger partial charge on any atom is -0.490 e. The lowest BCUT2D eigenvalue weighted by Crippen LogP contribution is -2.05. The first-order valence-corrected chi connectivity index (χ1v) is 5.81. The van der Waals surface area contributed by atoms with Crippen molar-refractivity contribution in [3.05, 3.63) is 41.0 Å². The minimum atomic E-state index is 0.224. The van der Waals surface area contributed by atoms with Crippen molar-refractivity contribution in [2.24, 2.45) is 5.73 Å². The zero-order valence-electron chi connectivity index (χ0n) is 9.99. The van der Waals surface area contributed by atoms with E-state index in [-0.39, 0.29) is 6.04 Å². The van der Waals surface area contributed by atoms with Crippen molar-refractivity contribution in [2.45, 2.75) is 32.7 Å². The third kappa shape index (κ3) is 2.45. The first-order chi connectivity index (χ1) is 7.66. The number of rotatable bonds is 3. The first kappa shape index (κ1) is 11.2. The van der Waals surface area contributed by atoms with Crippen molar-refractivity contribution in [3.8, 4) is 5.75 Å². The molecule has 1 aromatic carbocycles. The molecule has 1 atom stereocenters. The largest absolute Gasteiger partial charge is 0.490 e. The summed E-state index contributed by atoms with van der Waals surface area (Å²) < 4.78 is 5.66. The molecule has 86 valence electrons. The molecule has 0 aliphatic heterocycles. The van der Waals surface area contributed by atoms with Crippen molar-refractivity contribution < 1.29 is 4.74 Å². The predicted molar refractivity (Wildman–Crippen MR) is 66.6 cm³/mol. The Kier molecular flexibility index (Phi) is 3.30. The highest BCUT2D eigenvalue weighted by Crippen LogP contribution is 2.31. The highest BCUT2D eigenvalue weighted by Gasteiger charge is 2.18. The molecule has 2 nitrogen and oxygen atoms in total. The van der Waals surface area contributed by atoms with Gasteiger partial charge in [0.05, 0.1) is 0 Å². The lowest BCUT2D eigenvalue weighted by atomic mass is 10.1. The van der Waals surface area contributed by atoms with Gasteiger partial charge in [-0.25, -0.2) is 0 Å². The van der Waals surface area contributed by atoms with Gasteiger partial charge in [-0.15, -0.1) is 0 Å². The van der Waals surface area contributed by atoms with Crippen LogP contribution in [0.3, 0.4) is 0 Å². The van der Waals surface area contributed by atoms with E-state index in [0.717, 1.165) is 18.6 Å². The summed E-state index contributed by atoms with van der Waals surface area (Å²) in [5.41, 5.74) is 9.90. The van der Waals surface area contributed by atoms with E-state index in [2.05, 4.69) is 32.1 Å². The SMILES string of the molecule is CC(C)=CCOc1ccc2c(c1)CCC2N. The Bertz CT molecular complexity index is 405. The van der Waals surface area contributed by atoms with Gasteiger partial charge in [0.2, 0.25) is 0 Å². The smallest absolute Gasteiger partial charge is 0.120 e. The van der Waals surface area contributed by atoms with E-state index < -0.39 is 0 Å². The van der Waals surface area contributed by atoms with Crippen LogP contribution < -0.4 is 10.5 Å². The Morgan fingerprint density at radius 3 is 3.06 bits per heavy atom. The molecule has 0 spiro atoms. The van der Waals surface area contributed by atoms with Crippen molar-refractivity contribution in [2.75, 3.05) is 6.61 Å². The van der Waals surface area contributed by atoms with Gasteiger partial charge in [0.1, 0.15) is 12.4 Å². The van der Waals surface area contributed by atoms with Crippen LogP contribution in [0.25, 0.3) is 0 Å². The molecule has 2 heteroatoms. The maximum absolute atomic E-state index is 5.99. The molecule has 2 rings (SSSR count). The lowest BCUT2D eigenvalue weighted by molar-refractivity contribution is 0.361. The van der Waals surface area contributed by atoms with E-state index in [4.69, 9.17) is 10.5 Å². The summed E-state index contributed by atoms with van der Waals surface area (Å²) >= 11 is 0. The van der Waals surface area contributed by atoms with Crippen LogP contribution in [0.4, 0.5) is 0 Å². The normalized spacial score (nSPS) is 18.1. The number of fused-ring (bicyclic) bond motifs is 1. The summed E-state index contributed by atoms with van der Waals surface area (Å²) in [6.45, 7) is 4.79. The predicted octanol–water partition coefficient (Wildman–Crippen LogP) is 2.98. The van der Waals surface area contributed by atoms with Crippen LogP contribution in [0, 0.1) is 0 Å². The van der Waals surface area contributed by atoms with Crippen molar-refractivity contribution in [1.29, 1.82) is 0 Å². The molecule has 0 aromatic heterocycles.